The predicted molar refractivity (Wildman–Crippen MR) is 121 cm³/mol. The molecule has 0 bridgehead atoms. The molecule has 2 heterocycles. The molecule has 1 amide bonds. The SMILES string of the molecule is CC1CCN(C(=O)c2c(CC(=O)C3CC3)sc3c2CC(CC(=O)OC(C)(C)C)CC3)C1. The Bertz CT molecular complexity index is 877. The van der Waals surface area contributed by atoms with E-state index < -0.39 is 5.60 Å². The van der Waals surface area contributed by atoms with Crippen molar-refractivity contribution in [3.63, 3.8) is 0 Å². The zero-order valence-corrected chi connectivity index (χ0v) is 20.1. The van der Waals surface area contributed by atoms with Gasteiger partial charge in [0.2, 0.25) is 0 Å². The molecule has 0 N–H and O–H groups in total. The van der Waals surface area contributed by atoms with Gasteiger partial charge < -0.3 is 9.64 Å². The lowest BCUT2D eigenvalue weighted by Crippen LogP contribution is -2.31. The molecule has 6 heteroatoms. The maximum atomic E-state index is 13.6. The van der Waals surface area contributed by atoms with Crippen LogP contribution in [0.15, 0.2) is 0 Å². The number of Topliss-reactive ketones (excluding diaryl/α,β-unsaturated/α-hetero) is 1. The Balaban J connectivity index is 1.56. The number of fused-ring (bicyclic) bond motifs is 1. The lowest BCUT2D eigenvalue weighted by atomic mass is 9.83. The summed E-state index contributed by atoms with van der Waals surface area (Å²) in [5.41, 5.74) is 1.41. The minimum atomic E-state index is -0.483. The van der Waals surface area contributed by atoms with E-state index in [2.05, 4.69) is 6.92 Å². The Labute approximate surface area is 189 Å². The van der Waals surface area contributed by atoms with E-state index in [0.717, 1.165) is 67.6 Å². The number of esters is 1. The number of ketones is 1. The van der Waals surface area contributed by atoms with E-state index in [1.807, 2.05) is 25.7 Å². The molecule has 1 aromatic heterocycles. The second-order valence-electron chi connectivity index (χ2n) is 10.8. The maximum Gasteiger partial charge on any atom is 0.306 e. The van der Waals surface area contributed by atoms with E-state index in [1.165, 1.54) is 4.88 Å². The molecule has 0 spiro atoms. The van der Waals surface area contributed by atoms with Crippen molar-refractivity contribution in [1.29, 1.82) is 0 Å². The van der Waals surface area contributed by atoms with E-state index in [-0.39, 0.29) is 29.5 Å². The number of rotatable bonds is 6. The van der Waals surface area contributed by atoms with Gasteiger partial charge >= 0.3 is 5.97 Å². The first kappa shape index (κ1) is 22.5. The maximum absolute atomic E-state index is 13.6. The number of carbonyl (C=O) groups is 3. The number of nitrogens with zero attached hydrogens (tertiary/aromatic N) is 1. The van der Waals surface area contributed by atoms with Crippen LogP contribution in [0.1, 0.15) is 85.5 Å². The Morgan fingerprint density at radius 2 is 1.87 bits per heavy atom. The number of ether oxygens (including phenoxy) is 1. The molecule has 3 aliphatic rings. The summed E-state index contributed by atoms with van der Waals surface area (Å²) in [5, 5.41) is 0. The number of hydrogen-bond donors (Lipinski definition) is 0. The van der Waals surface area contributed by atoms with E-state index in [4.69, 9.17) is 4.74 Å². The normalized spacial score (nSPS) is 23.5. The van der Waals surface area contributed by atoms with E-state index in [0.29, 0.717) is 18.8 Å². The van der Waals surface area contributed by atoms with Crippen LogP contribution in [-0.2, 0) is 33.6 Å². The van der Waals surface area contributed by atoms with Gasteiger partial charge in [0.25, 0.3) is 5.91 Å². The summed E-state index contributed by atoms with van der Waals surface area (Å²) in [6.07, 6.45) is 6.34. The molecule has 170 valence electrons. The fraction of sp³-hybridized carbons (Fsp3) is 0.720. The van der Waals surface area contributed by atoms with Gasteiger partial charge in [-0.25, -0.2) is 0 Å². The van der Waals surface area contributed by atoms with E-state index >= 15 is 0 Å². The molecule has 0 aromatic carbocycles. The molecule has 31 heavy (non-hydrogen) atoms. The molecule has 2 atom stereocenters. The van der Waals surface area contributed by atoms with Crippen LogP contribution in [-0.4, -0.2) is 41.3 Å². The third kappa shape index (κ3) is 5.39. The Morgan fingerprint density at radius 1 is 1.13 bits per heavy atom. The van der Waals surface area contributed by atoms with Crippen LogP contribution >= 0.6 is 11.3 Å². The highest BCUT2D eigenvalue weighted by molar-refractivity contribution is 7.12. The third-order valence-corrected chi connectivity index (χ3v) is 7.90. The Kier molecular flexibility index (Phi) is 6.30. The first-order valence-electron chi connectivity index (χ1n) is 11.8. The topological polar surface area (TPSA) is 63.7 Å². The van der Waals surface area contributed by atoms with Crippen LogP contribution in [0.25, 0.3) is 0 Å². The summed E-state index contributed by atoms with van der Waals surface area (Å²) < 4.78 is 5.53. The molecule has 1 saturated heterocycles. The van der Waals surface area contributed by atoms with Crippen LogP contribution in [0.5, 0.6) is 0 Å². The van der Waals surface area contributed by atoms with Crippen LogP contribution in [0.2, 0.25) is 0 Å². The van der Waals surface area contributed by atoms with Crippen molar-refractivity contribution in [1.82, 2.24) is 4.90 Å². The fourth-order valence-electron chi connectivity index (χ4n) is 4.86. The standard InChI is InChI=1S/C25H35NO4S/c1-15-9-10-26(14-15)24(29)23-18-11-16(12-22(28)30-25(2,3)4)5-8-20(18)31-21(23)13-19(27)17-6-7-17/h15-17H,5-14H2,1-4H3. The minimum Gasteiger partial charge on any atom is -0.460 e. The van der Waals surface area contributed by atoms with Gasteiger partial charge in [-0.1, -0.05) is 6.92 Å². The van der Waals surface area contributed by atoms with Crippen molar-refractivity contribution in [2.75, 3.05) is 13.1 Å². The lowest BCUT2D eigenvalue weighted by molar-refractivity contribution is -0.156. The number of amides is 1. The molecule has 0 radical (unpaired) electrons. The van der Waals surface area contributed by atoms with Crippen LogP contribution in [0, 0.1) is 17.8 Å². The summed E-state index contributed by atoms with van der Waals surface area (Å²) >= 11 is 1.67. The first-order chi connectivity index (χ1) is 14.6. The zero-order valence-electron chi connectivity index (χ0n) is 19.3. The van der Waals surface area contributed by atoms with Crippen LogP contribution in [0.3, 0.4) is 0 Å². The summed E-state index contributed by atoms with van der Waals surface area (Å²) in [5.74, 6) is 1.13. The molecule has 1 aliphatic heterocycles. The number of aryl methyl sites for hydroxylation is 1. The molecular weight excluding hydrogens is 410 g/mol. The van der Waals surface area contributed by atoms with E-state index in [9.17, 15) is 14.4 Å². The molecule has 1 saturated carbocycles. The minimum absolute atomic E-state index is 0.0957. The van der Waals surface area contributed by atoms with Gasteiger partial charge in [-0.2, -0.15) is 0 Å². The predicted octanol–water partition coefficient (Wildman–Crippen LogP) is 4.59. The van der Waals surface area contributed by atoms with Gasteiger partial charge in [0.15, 0.2) is 0 Å². The van der Waals surface area contributed by atoms with Crippen molar-refractivity contribution in [2.24, 2.45) is 17.8 Å². The lowest BCUT2D eigenvalue weighted by Gasteiger charge is -2.26. The molecule has 4 rings (SSSR count). The summed E-state index contributed by atoms with van der Waals surface area (Å²) in [7, 11) is 0. The monoisotopic (exact) mass is 445 g/mol. The van der Waals surface area contributed by atoms with Gasteiger partial charge in [0.1, 0.15) is 11.4 Å². The van der Waals surface area contributed by atoms with Crippen LogP contribution in [0.4, 0.5) is 0 Å². The summed E-state index contributed by atoms with van der Waals surface area (Å²) in [6, 6.07) is 0. The summed E-state index contributed by atoms with van der Waals surface area (Å²) in [6.45, 7) is 9.44. The Morgan fingerprint density at radius 3 is 2.48 bits per heavy atom. The highest BCUT2D eigenvalue weighted by atomic mass is 32.1. The Hall–Kier alpha value is -1.69. The first-order valence-corrected chi connectivity index (χ1v) is 12.6. The zero-order chi connectivity index (χ0) is 22.3. The van der Waals surface area contributed by atoms with Crippen molar-refractivity contribution < 1.29 is 19.1 Å². The largest absolute Gasteiger partial charge is 0.460 e. The molecule has 2 unspecified atom stereocenters. The van der Waals surface area contributed by atoms with Gasteiger partial charge in [-0.15, -0.1) is 11.3 Å². The quantitative estimate of drug-likeness (QED) is 0.601. The highest BCUT2D eigenvalue weighted by Crippen LogP contribution is 2.40. The highest BCUT2D eigenvalue weighted by Gasteiger charge is 2.36. The average Bonchev–Trinajstić information content (AvgIpc) is 3.34. The molecule has 2 fully saturated rings. The van der Waals surface area contributed by atoms with Crippen LogP contribution < -0.4 is 0 Å². The number of thiophene rings is 1. The summed E-state index contributed by atoms with van der Waals surface area (Å²) in [4.78, 5) is 42.7. The van der Waals surface area contributed by atoms with Gasteiger partial charge in [0, 0.05) is 41.6 Å². The molecule has 5 nitrogen and oxygen atoms in total. The smallest absolute Gasteiger partial charge is 0.306 e. The number of carbonyl (C=O) groups excluding carboxylic acids is 3. The van der Waals surface area contributed by atoms with E-state index in [1.54, 1.807) is 11.3 Å². The van der Waals surface area contributed by atoms with Crippen molar-refractivity contribution in [3.05, 3.63) is 20.9 Å². The van der Waals surface area contributed by atoms with Gasteiger partial charge in [-0.05, 0) is 76.7 Å². The molecule has 2 aliphatic carbocycles. The second kappa shape index (κ2) is 8.68. The van der Waals surface area contributed by atoms with Crippen molar-refractivity contribution in [3.8, 4) is 0 Å². The molecule has 1 aromatic rings. The van der Waals surface area contributed by atoms with Gasteiger partial charge in [0.05, 0.1) is 5.56 Å². The van der Waals surface area contributed by atoms with Crippen molar-refractivity contribution >= 4 is 29.0 Å². The number of hydrogen-bond acceptors (Lipinski definition) is 5. The van der Waals surface area contributed by atoms with Gasteiger partial charge in [-0.3, -0.25) is 14.4 Å². The third-order valence-electron chi connectivity index (χ3n) is 6.60. The van der Waals surface area contributed by atoms with Crippen molar-refractivity contribution in [2.45, 2.75) is 84.7 Å². The molecular formula is C25H35NO4S. The second-order valence-corrected chi connectivity index (χ2v) is 12.0. The average molecular weight is 446 g/mol. The number of likely N-dealkylation sites (tertiary alicyclic amines) is 1. The fourth-order valence-corrected chi connectivity index (χ4v) is 6.22.